The Morgan fingerprint density at radius 2 is 2.04 bits per heavy atom. The predicted molar refractivity (Wildman–Crippen MR) is 104 cm³/mol. The van der Waals surface area contributed by atoms with Crippen molar-refractivity contribution < 1.29 is 4.79 Å². The van der Waals surface area contributed by atoms with E-state index in [1.54, 1.807) is 6.20 Å². The second-order valence-electron chi connectivity index (χ2n) is 7.51. The summed E-state index contributed by atoms with van der Waals surface area (Å²) in [6, 6.07) is 7.50. The molecule has 0 radical (unpaired) electrons. The van der Waals surface area contributed by atoms with Crippen LogP contribution in [-0.2, 0) is 7.05 Å². The molecule has 1 amide bonds. The van der Waals surface area contributed by atoms with Crippen molar-refractivity contribution in [3.05, 3.63) is 53.9 Å². The summed E-state index contributed by atoms with van der Waals surface area (Å²) in [5.41, 5.74) is 1.59. The molecule has 1 unspecified atom stereocenters. The first-order valence-electron chi connectivity index (χ1n) is 9.72. The lowest BCUT2D eigenvalue weighted by molar-refractivity contribution is 0.0621. The van der Waals surface area contributed by atoms with E-state index in [1.807, 2.05) is 47.0 Å². The van der Waals surface area contributed by atoms with Crippen LogP contribution in [0.1, 0.15) is 46.8 Å². The molecule has 2 fully saturated rings. The van der Waals surface area contributed by atoms with E-state index in [0.717, 1.165) is 23.8 Å². The van der Waals surface area contributed by atoms with Crippen LogP contribution < -0.4 is 5.32 Å². The molecule has 1 aromatic carbocycles. The van der Waals surface area contributed by atoms with Gasteiger partial charge in [0.25, 0.3) is 5.91 Å². The SMILES string of the molecule is Cn1ccnc1C1CNCCN1C(=O)c1ccc(-c2n[nH]c(C3CC3)n2)cc1. The number of piperazine rings is 1. The fourth-order valence-electron chi connectivity index (χ4n) is 3.75. The molecule has 3 heterocycles. The number of aromatic amines is 1. The molecular formula is C20H23N7O. The van der Waals surface area contributed by atoms with E-state index in [4.69, 9.17) is 0 Å². The zero-order valence-electron chi connectivity index (χ0n) is 15.8. The highest BCUT2D eigenvalue weighted by Crippen LogP contribution is 2.38. The van der Waals surface area contributed by atoms with Gasteiger partial charge in [0.05, 0.1) is 0 Å². The van der Waals surface area contributed by atoms with E-state index in [9.17, 15) is 4.79 Å². The van der Waals surface area contributed by atoms with E-state index >= 15 is 0 Å². The van der Waals surface area contributed by atoms with Gasteiger partial charge in [0, 0.05) is 56.1 Å². The Morgan fingerprint density at radius 3 is 2.75 bits per heavy atom. The molecule has 2 aromatic heterocycles. The summed E-state index contributed by atoms with van der Waals surface area (Å²) in [4.78, 5) is 24.1. The number of aromatic nitrogens is 5. The zero-order valence-corrected chi connectivity index (χ0v) is 15.8. The number of amides is 1. The van der Waals surface area contributed by atoms with E-state index in [0.29, 0.717) is 30.4 Å². The van der Waals surface area contributed by atoms with Crippen LogP contribution in [0.3, 0.4) is 0 Å². The topological polar surface area (TPSA) is 91.7 Å². The van der Waals surface area contributed by atoms with Crippen molar-refractivity contribution in [3.8, 4) is 11.4 Å². The largest absolute Gasteiger partial charge is 0.336 e. The lowest BCUT2D eigenvalue weighted by atomic mass is 10.1. The van der Waals surface area contributed by atoms with Gasteiger partial charge < -0.3 is 14.8 Å². The second-order valence-corrected chi connectivity index (χ2v) is 7.51. The van der Waals surface area contributed by atoms with E-state index in [-0.39, 0.29) is 11.9 Å². The first-order chi connectivity index (χ1) is 13.7. The number of carbonyl (C=O) groups is 1. The average molecular weight is 377 g/mol. The number of benzene rings is 1. The molecule has 1 aliphatic carbocycles. The molecular weight excluding hydrogens is 354 g/mol. The summed E-state index contributed by atoms with van der Waals surface area (Å²) >= 11 is 0. The van der Waals surface area contributed by atoms with Gasteiger partial charge >= 0.3 is 0 Å². The summed E-state index contributed by atoms with van der Waals surface area (Å²) in [6.45, 7) is 2.14. The van der Waals surface area contributed by atoms with Crippen molar-refractivity contribution >= 4 is 5.91 Å². The Bertz CT molecular complexity index is 986. The molecule has 5 rings (SSSR count). The molecule has 2 N–H and O–H groups in total. The number of hydrogen-bond donors (Lipinski definition) is 2. The maximum atomic E-state index is 13.2. The number of imidazole rings is 1. The number of aryl methyl sites for hydroxylation is 1. The molecule has 1 atom stereocenters. The number of carbonyl (C=O) groups excluding carboxylic acids is 1. The van der Waals surface area contributed by atoms with E-state index in [2.05, 4.69) is 25.5 Å². The third-order valence-corrected chi connectivity index (χ3v) is 5.52. The Morgan fingerprint density at radius 1 is 1.21 bits per heavy atom. The quantitative estimate of drug-likeness (QED) is 0.724. The summed E-state index contributed by atoms with van der Waals surface area (Å²) < 4.78 is 1.97. The van der Waals surface area contributed by atoms with Crippen molar-refractivity contribution in [1.82, 2.24) is 34.9 Å². The minimum absolute atomic E-state index is 0.0229. The third-order valence-electron chi connectivity index (χ3n) is 5.52. The van der Waals surface area contributed by atoms with Gasteiger partial charge in [-0.05, 0) is 25.0 Å². The fraction of sp³-hybridized carbons (Fsp3) is 0.400. The van der Waals surface area contributed by atoms with Crippen LogP contribution in [0.25, 0.3) is 11.4 Å². The van der Waals surface area contributed by atoms with Crippen LogP contribution in [0.5, 0.6) is 0 Å². The molecule has 144 valence electrons. The first kappa shape index (κ1) is 17.1. The van der Waals surface area contributed by atoms with Crippen molar-refractivity contribution in [1.29, 1.82) is 0 Å². The van der Waals surface area contributed by atoms with Crippen molar-refractivity contribution in [2.75, 3.05) is 19.6 Å². The monoisotopic (exact) mass is 377 g/mol. The maximum absolute atomic E-state index is 13.2. The summed E-state index contributed by atoms with van der Waals surface area (Å²) in [6.07, 6.45) is 6.05. The minimum atomic E-state index is -0.0740. The van der Waals surface area contributed by atoms with Crippen LogP contribution in [0.15, 0.2) is 36.7 Å². The summed E-state index contributed by atoms with van der Waals surface area (Å²) in [5, 5.41) is 10.7. The standard InChI is InChI=1S/C20H23N7O/c1-26-10-9-22-19(26)16-12-21-8-11-27(16)20(28)15-6-4-14(5-7-15)18-23-17(24-25-18)13-2-3-13/h4-7,9-10,13,16,21H,2-3,8,11-12H2,1H3,(H,23,24,25). The van der Waals surface area contributed by atoms with E-state index < -0.39 is 0 Å². The average Bonchev–Trinajstić information content (AvgIpc) is 3.31. The summed E-state index contributed by atoms with van der Waals surface area (Å²) in [5.74, 6) is 3.11. The van der Waals surface area contributed by atoms with Gasteiger partial charge in [0.15, 0.2) is 5.82 Å². The van der Waals surface area contributed by atoms with Crippen LogP contribution in [-0.4, -0.2) is 55.2 Å². The van der Waals surface area contributed by atoms with Crippen LogP contribution in [0, 0.1) is 0 Å². The van der Waals surface area contributed by atoms with E-state index in [1.165, 1.54) is 12.8 Å². The van der Waals surface area contributed by atoms with Gasteiger partial charge in [0.2, 0.25) is 0 Å². The molecule has 2 aliphatic rings. The molecule has 0 bridgehead atoms. The minimum Gasteiger partial charge on any atom is -0.336 e. The number of hydrogen-bond acceptors (Lipinski definition) is 5. The highest BCUT2D eigenvalue weighted by molar-refractivity contribution is 5.95. The lowest BCUT2D eigenvalue weighted by Crippen LogP contribution is -2.49. The molecule has 8 nitrogen and oxygen atoms in total. The number of rotatable bonds is 4. The van der Waals surface area contributed by atoms with Crippen molar-refractivity contribution in [2.24, 2.45) is 7.05 Å². The Kier molecular flexibility index (Phi) is 4.20. The van der Waals surface area contributed by atoms with Crippen molar-refractivity contribution in [2.45, 2.75) is 24.8 Å². The van der Waals surface area contributed by atoms with Gasteiger partial charge in [-0.1, -0.05) is 12.1 Å². The van der Waals surface area contributed by atoms with Gasteiger partial charge in [-0.3, -0.25) is 9.89 Å². The van der Waals surface area contributed by atoms with Crippen LogP contribution >= 0.6 is 0 Å². The van der Waals surface area contributed by atoms with Gasteiger partial charge in [0.1, 0.15) is 17.7 Å². The zero-order chi connectivity index (χ0) is 19.1. The van der Waals surface area contributed by atoms with Gasteiger partial charge in [-0.15, -0.1) is 0 Å². The smallest absolute Gasteiger partial charge is 0.254 e. The van der Waals surface area contributed by atoms with Gasteiger partial charge in [-0.2, -0.15) is 5.10 Å². The molecule has 3 aromatic rings. The lowest BCUT2D eigenvalue weighted by Gasteiger charge is -2.35. The van der Waals surface area contributed by atoms with Gasteiger partial charge in [-0.25, -0.2) is 9.97 Å². The first-order valence-corrected chi connectivity index (χ1v) is 9.72. The fourth-order valence-corrected chi connectivity index (χ4v) is 3.75. The molecule has 1 saturated carbocycles. The normalized spacial score (nSPS) is 19.8. The number of nitrogens with one attached hydrogen (secondary N) is 2. The highest BCUT2D eigenvalue weighted by Gasteiger charge is 2.31. The molecule has 1 saturated heterocycles. The molecule has 0 spiro atoms. The summed E-state index contributed by atoms with van der Waals surface area (Å²) in [7, 11) is 1.96. The Hall–Kier alpha value is -3.00. The highest BCUT2D eigenvalue weighted by atomic mass is 16.2. The van der Waals surface area contributed by atoms with Crippen LogP contribution in [0.2, 0.25) is 0 Å². The molecule has 8 heteroatoms. The number of nitrogens with zero attached hydrogens (tertiary/aromatic N) is 5. The maximum Gasteiger partial charge on any atom is 0.254 e. The third kappa shape index (κ3) is 3.09. The Balaban J connectivity index is 1.37. The second kappa shape index (κ2) is 6.87. The Labute approximate surface area is 163 Å². The van der Waals surface area contributed by atoms with Crippen LogP contribution in [0.4, 0.5) is 0 Å². The number of H-pyrrole nitrogens is 1. The molecule has 1 aliphatic heterocycles. The van der Waals surface area contributed by atoms with Crippen molar-refractivity contribution in [3.63, 3.8) is 0 Å². The molecule has 28 heavy (non-hydrogen) atoms. The predicted octanol–water partition coefficient (Wildman–Crippen LogP) is 1.87.